The topological polar surface area (TPSA) is 59.7 Å². The largest absolute Gasteiger partial charge is 0.507 e. The highest BCUT2D eigenvalue weighted by Crippen LogP contribution is 2.30. The van der Waals surface area contributed by atoms with Crippen molar-refractivity contribution in [2.75, 3.05) is 11.9 Å². The van der Waals surface area contributed by atoms with Gasteiger partial charge in [0.15, 0.2) is 0 Å². The fraction of sp³-hybridized carbons (Fsp3) is 0.133. The van der Waals surface area contributed by atoms with Gasteiger partial charge in [-0.25, -0.2) is 0 Å². The Morgan fingerprint density at radius 3 is 2.80 bits per heavy atom. The minimum Gasteiger partial charge on any atom is -0.507 e. The summed E-state index contributed by atoms with van der Waals surface area (Å²) in [5, 5.41) is 11.3. The molecule has 0 saturated carbocycles. The van der Waals surface area contributed by atoms with Crippen molar-refractivity contribution in [3.8, 4) is 11.5 Å². The van der Waals surface area contributed by atoms with Gasteiger partial charge in [0.05, 0.1) is 12.0 Å². The van der Waals surface area contributed by atoms with Gasteiger partial charge < -0.3 is 14.3 Å². The van der Waals surface area contributed by atoms with Gasteiger partial charge in [-0.05, 0) is 12.1 Å². The van der Waals surface area contributed by atoms with Crippen LogP contribution in [0.5, 0.6) is 11.5 Å². The summed E-state index contributed by atoms with van der Waals surface area (Å²) in [5.41, 5.74) is 0.562. The number of hydrogen-bond acceptors (Lipinski definition) is 4. The van der Waals surface area contributed by atoms with E-state index in [1.165, 1.54) is 6.07 Å². The van der Waals surface area contributed by atoms with Crippen molar-refractivity contribution in [1.29, 1.82) is 0 Å². The molecule has 0 bridgehead atoms. The second-order valence-electron chi connectivity index (χ2n) is 4.28. The van der Waals surface area contributed by atoms with E-state index in [1.807, 2.05) is 0 Å². The van der Waals surface area contributed by atoms with Gasteiger partial charge in [0.2, 0.25) is 5.43 Å². The molecule has 102 valence electrons. The first-order valence-corrected chi connectivity index (χ1v) is 7.20. The third-order valence-electron chi connectivity index (χ3n) is 2.98. The third-order valence-corrected chi connectivity index (χ3v) is 3.30. The number of rotatable bonds is 3. The molecule has 0 saturated heterocycles. The molecule has 2 aromatic carbocycles. The standard InChI is InChI=1S/C15H11BrO4/c16-5-6-19-9-7-11(17)14-13(8-9)20-12-4-2-1-3-10(12)15(14)18/h1-4,7-8,17H,5-6H2. The summed E-state index contributed by atoms with van der Waals surface area (Å²) < 4.78 is 11.1. The smallest absolute Gasteiger partial charge is 0.204 e. The molecule has 0 atom stereocenters. The molecule has 3 rings (SSSR count). The van der Waals surface area contributed by atoms with Crippen molar-refractivity contribution in [3.05, 3.63) is 46.6 Å². The summed E-state index contributed by atoms with van der Waals surface area (Å²) in [7, 11) is 0. The Balaban J connectivity index is 2.31. The lowest BCUT2D eigenvalue weighted by Crippen LogP contribution is -2.03. The van der Waals surface area contributed by atoms with Crippen molar-refractivity contribution in [2.45, 2.75) is 0 Å². The maximum atomic E-state index is 12.4. The average molecular weight is 335 g/mol. The number of halogens is 1. The highest BCUT2D eigenvalue weighted by molar-refractivity contribution is 9.09. The minimum atomic E-state index is -0.244. The van der Waals surface area contributed by atoms with Gasteiger partial charge >= 0.3 is 0 Å². The number of alkyl halides is 1. The summed E-state index contributed by atoms with van der Waals surface area (Å²) in [5.74, 6) is 0.333. The number of benzene rings is 2. The van der Waals surface area contributed by atoms with Crippen molar-refractivity contribution in [3.63, 3.8) is 0 Å². The molecule has 0 radical (unpaired) electrons. The third kappa shape index (κ3) is 2.14. The van der Waals surface area contributed by atoms with Gasteiger partial charge in [0.25, 0.3) is 0 Å². The van der Waals surface area contributed by atoms with Crippen LogP contribution < -0.4 is 10.2 Å². The van der Waals surface area contributed by atoms with E-state index in [2.05, 4.69) is 15.9 Å². The van der Waals surface area contributed by atoms with E-state index in [1.54, 1.807) is 30.3 Å². The molecule has 3 aromatic rings. The molecular weight excluding hydrogens is 324 g/mol. The molecule has 0 spiro atoms. The molecule has 0 unspecified atom stereocenters. The van der Waals surface area contributed by atoms with Crippen LogP contribution in [0.3, 0.4) is 0 Å². The zero-order valence-corrected chi connectivity index (χ0v) is 12.0. The van der Waals surface area contributed by atoms with Gasteiger partial charge in [-0.15, -0.1) is 0 Å². The number of fused-ring (bicyclic) bond motifs is 2. The second-order valence-corrected chi connectivity index (χ2v) is 5.07. The van der Waals surface area contributed by atoms with E-state index in [4.69, 9.17) is 9.15 Å². The van der Waals surface area contributed by atoms with Crippen molar-refractivity contribution < 1.29 is 14.3 Å². The fourth-order valence-corrected chi connectivity index (χ4v) is 2.28. The number of ether oxygens (including phenoxy) is 1. The number of phenols is 1. The second kappa shape index (κ2) is 5.17. The van der Waals surface area contributed by atoms with Crippen LogP contribution in [0.15, 0.2) is 45.6 Å². The van der Waals surface area contributed by atoms with E-state index >= 15 is 0 Å². The van der Waals surface area contributed by atoms with Crippen LogP contribution in [0.2, 0.25) is 0 Å². The lowest BCUT2D eigenvalue weighted by atomic mass is 10.1. The zero-order chi connectivity index (χ0) is 14.1. The van der Waals surface area contributed by atoms with Crippen LogP contribution in [0, 0.1) is 0 Å². The van der Waals surface area contributed by atoms with Gasteiger partial charge in [-0.3, -0.25) is 4.79 Å². The van der Waals surface area contributed by atoms with Crippen LogP contribution in [0.4, 0.5) is 0 Å². The van der Waals surface area contributed by atoms with Crippen LogP contribution in [0.1, 0.15) is 0 Å². The normalized spacial score (nSPS) is 11.1. The highest BCUT2D eigenvalue weighted by Gasteiger charge is 2.13. The van der Waals surface area contributed by atoms with Gasteiger partial charge in [-0.1, -0.05) is 28.1 Å². The molecule has 0 aliphatic rings. The Morgan fingerprint density at radius 2 is 2.00 bits per heavy atom. The Labute approximate surface area is 122 Å². The zero-order valence-electron chi connectivity index (χ0n) is 10.4. The van der Waals surface area contributed by atoms with Crippen molar-refractivity contribution >= 4 is 37.9 Å². The van der Waals surface area contributed by atoms with E-state index in [9.17, 15) is 9.90 Å². The maximum absolute atomic E-state index is 12.4. The van der Waals surface area contributed by atoms with Crippen LogP contribution in [-0.2, 0) is 0 Å². The Bertz CT molecular complexity index is 838. The van der Waals surface area contributed by atoms with Crippen LogP contribution in [0.25, 0.3) is 21.9 Å². The Hall–Kier alpha value is -2.01. The molecule has 0 amide bonds. The molecule has 4 nitrogen and oxygen atoms in total. The van der Waals surface area contributed by atoms with E-state index < -0.39 is 0 Å². The van der Waals surface area contributed by atoms with Gasteiger partial charge in [0.1, 0.15) is 28.1 Å². The van der Waals surface area contributed by atoms with E-state index in [-0.39, 0.29) is 16.6 Å². The summed E-state index contributed by atoms with van der Waals surface area (Å²) in [6, 6.07) is 9.99. The maximum Gasteiger partial charge on any atom is 0.204 e. The monoisotopic (exact) mass is 334 g/mol. The molecule has 0 aliphatic carbocycles. The van der Waals surface area contributed by atoms with Crippen molar-refractivity contribution in [2.24, 2.45) is 0 Å². The minimum absolute atomic E-state index is 0.133. The summed E-state index contributed by atoms with van der Waals surface area (Å²) in [6.45, 7) is 0.461. The molecule has 0 aliphatic heterocycles. The molecule has 5 heteroatoms. The number of phenolic OH excluding ortho intramolecular Hbond substituents is 1. The lowest BCUT2D eigenvalue weighted by Gasteiger charge is -2.07. The molecule has 0 fully saturated rings. The number of hydrogen-bond donors (Lipinski definition) is 1. The van der Waals surface area contributed by atoms with Gasteiger partial charge in [0, 0.05) is 17.5 Å². The molecular formula is C15H11BrO4. The van der Waals surface area contributed by atoms with Crippen molar-refractivity contribution in [1.82, 2.24) is 0 Å². The molecule has 20 heavy (non-hydrogen) atoms. The number of para-hydroxylation sites is 1. The predicted molar refractivity (Wildman–Crippen MR) is 80.9 cm³/mol. The fourth-order valence-electron chi connectivity index (χ4n) is 2.12. The van der Waals surface area contributed by atoms with Gasteiger partial charge in [-0.2, -0.15) is 0 Å². The Morgan fingerprint density at radius 1 is 1.20 bits per heavy atom. The summed E-state index contributed by atoms with van der Waals surface area (Å²) >= 11 is 3.26. The van der Waals surface area contributed by atoms with E-state index in [0.29, 0.717) is 34.2 Å². The lowest BCUT2D eigenvalue weighted by molar-refractivity contribution is 0.342. The first-order valence-electron chi connectivity index (χ1n) is 6.08. The Kier molecular flexibility index (Phi) is 3.36. The number of aromatic hydroxyl groups is 1. The average Bonchev–Trinajstić information content (AvgIpc) is 2.45. The summed E-state index contributed by atoms with van der Waals surface area (Å²) in [4.78, 5) is 12.4. The first-order chi connectivity index (χ1) is 9.70. The van der Waals surface area contributed by atoms with Crippen LogP contribution >= 0.6 is 15.9 Å². The molecule has 1 aromatic heterocycles. The van der Waals surface area contributed by atoms with Crippen LogP contribution in [-0.4, -0.2) is 17.0 Å². The quantitative estimate of drug-likeness (QED) is 0.588. The SMILES string of the molecule is O=c1c2ccccc2oc2cc(OCCBr)cc(O)c12. The van der Waals surface area contributed by atoms with E-state index in [0.717, 1.165) is 0 Å². The molecule has 1 heterocycles. The molecule has 1 N–H and O–H groups in total. The first kappa shape index (κ1) is 13.0. The highest BCUT2D eigenvalue weighted by atomic mass is 79.9. The predicted octanol–water partition coefficient (Wildman–Crippen LogP) is 3.43. The summed E-state index contributed by atoms with van der Waals surface area (Å²) in [6.07, 6.45) is 0.